The minimum atomic E-state index is -1.09. The monoisotopic (exact) mass is 266 g/mol. The van der Waals surface area contributed by atoms with Crippen molar-refractivity contribution < 1.29 is 19.8 Å². The van der Waals surface area contributed by atoms with Crippen molar-refractivity contribution >= 4 is 11.9 Å². The summed E-state index contributed by atoms with van der Waals surface area (Å²) in [4.78, 5) is 26.8. The first-order valence-electron chi connectivity index (χ1n) is 6.31. The van der Waals surface area contributed by atoms with E-state index in [1.54, 1.807) is 4.57 Å². The fourth-order valence-corrected chi connectivity index (χ4v) is 2.57. The molecule has 0 bridgehead atoms. The summed E-state index contributed by atoms with van der Waals surface area (Å²) in [6, 6.07) is -0.710. The summed E-state index contributed by atoms with van der Waals surface area (Å²) < 4.78 is 1.62. The molecule has 0 radical (unpaired) electrons. The van der Waals surface area contributed by atoms with Gasteiger partial charge in [-0.1, -0.05) is 20.8 Å². The fourth-order valence-electron chi connectivity index (χ4n) is 2.57. The molecule has 0 amide bonds. The lowest BCUT2D eigenvalue weighted by Crippen LogP contribution is -2.30. The molecule has 0 fully saturated rings. The predicted molar refractivity (Wildman–Crippen MR) is 67.5 cm³/mol. The molecule has 2 heterocycles. The molecule has 6 nitrogen and oxygen atoms in total. The highest BCUT2D eigenvalue weighted by molar-refractivity contribution is 5.87. The number of carboxylic acid groups (broad SMARTS) is 2. The van der Waals surface area contributed by atoms with Crippen LogP contribution in [0, 0.1) is 0 Å². The van der Waals surface area contributed by atoms with Crippen molar-refractivity contribution in [3.05, 3.63) is 17.2 Å². The van der Waals surface area contributed by atoms with Crippen LogP contribution in [0.2, 0.25) is 0 Å². The molecule has 0 spiro atoms. The second-order valence-electron chi connectivity index (χ2n) is 5.90. The molecule has 0 aromatic carbocycles. The first-order valence-corrected chi connectivity index (χ1v) is 6.31. The second-order valence-corrected chi connectivity index (χ2v) is 5.90. The van der Waals surface area contributed by atoms with E-state index in [1.807, 2.05) is 20.8 Å². The Bertz CT molecular complexity index is 540. The van der Waals surface area contributed by atoms with Gasteiger partial charge in [0.1, 0.15) is 11.9 Å². The zero-order chi connectivity index (χ0) is 14.4. The van der Waals surface area contributed by atoms with Crippen LogP contribution in [-0.4, -0.2) is 31.7 Å². The van der Waals surface area contributed by atoms with Crippen LogP contribution in [0.3, 0.4) is 0 Å². The molecule has 19 heavy (non-hydrogen) atoms. The molecule has 1 aliphatic heterocycles. The van der Waals surface area contributed by atoms with Gasteiger partial charge in [-0.2, -0.15) is 0 Å². The maximum absolute atomic E-state index is 11.4. The minimum absolute atomic E-state index is 0.00382. The van der Waals surface area contributed by atoms with Gasteiger partial charge < -0.3 is 14.8 Å². The molecule has 1 unspecified atom stereocenters. The van der Waals surface area contributed by atoms with Gasteiger partial charge in [-0.25, -0.2) is 14.6 Å². The smallest absolute Gasteiger partial charge is 0.356 e. The zero-order valence-corrected chi connectivity index (χ0v) is 11.3. The summed E-state index contributed by atoms with van der Waals surface area (Å²) in [7, 11) is 0. The van der Waals surface area contributed by atoms with Gasteiger partial charge in [0.15, 0.2) is 5.69 Å². The van der Waals surface area contributed by atoms with E-state index in [-0.39, 0.29) is 5.69 Å². The average Bonchev–Trinajstić information content (AvgIpc) is 2.67. The number of carboxylic acids is 2. The van der Waals surface area contributed by atoms with Crippen LogP contribution < -0.4 is 0 Å². The zero-order valence-electron chi connectivity index (χ0n) is 11.3. The third kappa shape index (κ3) is 2.22. The van der Waals surface area contributed by atoms with Gasteiger partial charge in [-0.05, 0) is 19.3 Å². The fraction of sp³-hybridized carbons (Fsp3) is 0.615. The Labute approximate surface area is 111 Å². The van der Waals surface area contributed by atoms with Gasteiger partial charge in [0, 0.05) is 5.41 Å². The standard InChI is InChI=1S/C13H18N2O4/c1-13(2,3)12-14-9(11(18)19)7-5-4-6-8(10(16)17)15(7)12/h8H,4-6H2,1-3H3,(H,16,17)(H,18,19). The molecular formula is C13H18N2O4. The lowest BCUT2D eigenvalue weighted by molar-refractivity contribution is -0.141. The predicted octanol–water partition coefficient (Wildman–Crippen LogP) is 1.84. The van der Waals surface area contributed by atoms with Crippen LogP contribution in [0.15, 0.2) is 0 Å². The topological polar surface area (TPSA) is 92.4 Å². The van der Waals surface area contributed by atoms with Crippen molar-refractivity contribution in [1.82, 2.24) is 9.55 Å². The number of carbonyl (C=O) groups is 2. The Morgan fingerprint density at radius 3 is 2.42 bits per heavy atom. The number of aromatic nitrogens is 2. The van der Waals surface area contributed by atoms with E-state index >= 15 is 0 Å². The van der Waals surface area contributed by atoms with Crippen molar-refractivity contribution in [2.24, 2.45) is 0 Å². The van der Waals surface area contributed by atoms with Crippen LogP contribution in [0.4, 0.5) is 0 Å². The van der Waals surface area contributed by atoms with Gasteiger partial charge in [-0.15, -0.1) is 0 Å². The molecule has 104 valence electrons. The summed E-state index contributed by atoms with van der Waals surface area (Å²) in [6.07, 6.45) is 1.75. The third-order valence-corrected chi connectivity index (χ3v) is 3.37. The van der Waals surface area contributed by atoms with E-state index in [9.17, 15) is 19.8 Å². The number of aliphatic carboxylic acids is 1. The third-order valence-electron chi connectivity index (χ3n) is 3.37. The van der Waals surface area contributed by atoms with Crippen molar-refractivity contribution in [3.63, 3.8) is 0 Å². The van der Waals surface area contributed by atoms with E-state index in [1.165, 1.54) is 0 Å². The highest BCUT2D eigenvalue weighted by atomic mass is 16.4. The Balaban J connectivity index is 2.70. The maximum atomic E-state index is 11.4. The average molecular weight is 266 g/mol. The quantitative estimate of drug-likeness (QED) is 0.852. The van der Waals surface area contributed by atoms with E-state index < -0.39 is 23.4 Å². The summed E-state index contributed by atoms with van der Waals surface area (Å²) in [5.41, 5.74) is 0.139. The van der Waals surface area contributed by atoms with Crippen LogP contribution >= 0.6 is 0 Å². The summed E-state index contributed by atoms with van der Waals surface area (Å²) in [6.45, 7) is 5.71. The second kappa shape index (κ2) is 4.36. The summed E-state index contributed by atoms with van der Waals surface area (Å²) >= 11 is 0. The number of aromatic carboxylic acids is 1. The lowest BCUT2D eigenvalue weighted by Gasteiger charge is -2.28. The normalized spacial score (nSPS) is 19.0. The maximum Gasteiger partial charge on any atom is 0.356 e. The molecule has 1 aliphatic rings. The molecule has 1 aromatic heterocycles. The molecule has 2 rings (SSSR count). The van der Waals surface area contributed by atoms with Crippen molar-refractivity contribution in [1.29, 1.82) is 0 Å². The number of fused-ring (bicyclic) bond motifs is 1. The van der Waals surface area contributed by atoms with Gasteiger partial charge in [0.05, 0.1) is 5.69 Å². The summed E-state index contributed by atoms with van der Waals surface area (Å²) in [5.74, 6) is -1.49. The minimum Gasteiger partial charge on any atom is -0.480 e. The summed E-state index contributed by atoms with van der Waals surface area (Å²) in [5, 5.41) is 18.5. The van der Waals surface area contributed by atoms with Crippen LogP contribution in [0.5, 0.6) is 0 Å². The first-order chi connectivity index (χ1) is 8.73. The molecule has 0 saturated carbocycles. The van der Waals surface area contributed by atoms with Crippen molar-refractivity contribution in [3.8, 4) is 0 Å². The molecule has 0 aliphatic carbocycles. The Kier molecular flexibility index (Phi) is 3.12. The number of hydrogen-bond donors (Lipinski definition) is 2. The Morgan fingerprint density at radius 1 is 1.32 bits per heavy atom. The van der Waals surface area contributed by atoms with E-state index in [0.29, 0.717) is 30.8 Å². The lowest BCUT2D eigenvalue weighted by atomic mass is 9.93. The van der Waals surface area contributed by atoms with Crippen LogP contribution in [-0.2, 0) is 16.6 Å². The highest BCUT2D eigenvalue weighted by Gasteiger charge is 2.36. The van der Waals surface area contributed by atoms with Crippen LogP contribution in [0.25, 0.3) is 0 Å². The first kappa shape index (κ1) is 13.6. The number of nitrogens with zero attached hydrogens (tertiary/aromatic N) is 2. The van der Waals surface area contributed by atoms with Gasteiger partial charge >= 0.3 is 11.9 Å². The molecular weight excluding hydrogens is 248 g/mol. The van der Waals surface area contributed by atoms with Gasteiger partial charge in [0.25, 0.3) is 0 Å². The van der Waals surface area contributed by atoms with E-state index in [4.69, 9.17) is 0 Å². The van der Waals surface area contributed by atoms with Crippen LogP contribution in [0.1, 0.15) is 61.7 Å². The number of rotatable bonds is 2. The molecule has 1 atom stereocenters. The van der Waals surface area contributed by atoms with E-state index in [0.717, 1.165) is 0 Å². The number of imidazole rings is 1. The Hall–Kier alpha value is -1.85. The molecule has 1 aromatic rings. The number of hydrogen-bond acceptors (Lipinski definition) is 3. The van der Waals surface area contributed by atoms with Gasteiger partial charge in [0.2, 0.25) is 0 Å². The largest absolute Gasteiger partial charge is 0.480 e. The van der Waals surface area contributed by atoms with Crippen molar-refractivity contribution in [2.45, 2.75) is 51.5 Å². The van der Waals surface area contributed by atoms with Gasteiger partial charge in [-0.3, -0.25) is 0 Å². The molecule has 2 N–H and O–H groups in total. The highest BCUT2D eigenvalue weighted by Crippen LogP contribution is 2.34. The molecule has 0 saturated heterocycles. The SMILES string of the molecule is CC(C)(C)c1nc(C(=O)O)c2n1C(C(=O)O)CCC2. The van der Waals surface area contributed by atoms with E-state index in [2.05, 4.69) is 4.98 Å². The van der Waals surface area contributed by atoms with Crippen molar-refractivity contribution in [2.75, 3.05) is 0 Å². The molecule has 6 heteroatoms. The Morgan fingerprint density at radius 2 is 1.95 bits per heavy atom.